The van der Waals surface area contributed by atoms with E-state index in [9.17, 15) is 0 Å². The number of imidazole rings is 1. The van der Waals surface area contributed by atoms with Gasteiger partial charge in [-0.05, 0) is 24.6 Å². The molecular formula is C16H17N3. The minimum atomic E-state index is -0.0428. The summed E-state index contributed by atoms with van der Waals surface area (Å²) in [6.45, 7) is 2.13. The Labute approximate surface area is 112 Å². The highest BCUT2D eigenvalue weighted by Crippen LogP contribution is 2.26. The molecule has 96 valence electrons. The number of nitrogens with zero attached hydrogens (tertiary/aromatic N) is 2. The first-order valence-corrected chi connectivity index (χ1v) is 6.49. The standard InChI is InChI=1S/C16H17N3/c1-12(16(17)13-7-3-2-4-8-13)19-11-18-14-9-5-6-10-15(14)19/h2-12,16H,17H2,1H3. The minimum Gasteiger partial charge on any atom is -0.326 e. The van der Waals surface area contributed by atoms with Crippen molar-refractivity contribution < 1.29 is 0 Å². The molecule has 2 aromatic carbocycles. The molecule has 19 heavy (non-hydrogen) atoms. The Hall–Kier alpha value is -2.13. The number of benzene rings is 2. The van der Waals surface area contributed by atoms with Gasteiger partial charge < -0.3 is 10.3 Å². The normalized spacial score (nSPS) is 14.4. The fourth-order valence-electron chi connectivity index (χ4n) is 2.43. The van der Waals surface area contributed by atoms with Crippen molar-refractivity contribution in [3.8, 4) is 0 Å². The van der Waals surface area contributed by atoms with Gasteiger partial charge in [-0.1, -0.05) is 42.5 Å². The summed E-state index contributed by atoms with van der Waals surface area (Å²) >= 11 is 0. The van der Waals surface area contributed by atoms with Crippen LogP contribution in [0.15, 0.2) is 60.9 Å². The zero-order chi connectivity index (χ0) is 13.2. The van der Waals surface area contributed by atoms with Gasteiger partial charge in [-0.15, -0.1) is 0 Å². The zero-order valence-electron chi connectivity index (χ0n) is 10.9. The lowest BCUT2D eigenvalue weighted by Gasteiger charge is -2.22. The second kappa shape index (κ2) is 4.86. The first-order valence-electron chi connectivity index (χ1n) is 6.49. The Morgan fingerprint density at radius 2 is 1.68 bits per heavy atom. The van der Waals surface area contributed by atoms with Gasteiger partial charge in [0.05, 0.1) is 29.4 Å². The van der Waals surface area contributed by atoms with Crippen molar-refractivity contribution in [2.75, 3.05) is 0 Å². The average Bonchev–Trinajstić information content (AvgIpc) is 2.90. The SMILES string of the molecule is CC(C(N)c1ccccc1)n1cnc2ccccc21. The summed E-state index contributed by atoms with van der Waals surface area (Å²) in [6, 6.07) is 18.4. The van der Waals surface area contributed by atoms with Gasteiger partial charge >= 0.3 is 0 Å². The molecule has 0 radical (unpaired) electrons. The first kappa shape index (κ1) is 11.9. The Morgan fingerprint density at radius 1 is 1.00 bits per heavy atom. The number of para-hydroxylation sites is 2. The molecular weight excluding hydrogens is 234 g/mol. The van der Waals surface area contributed by atoms with Crippen LogP contribution in [0.3, 0.4) is 0 Å². The fraction of sp³-hybridized carbons (Fsp3) is 0.188. The molecule has 0 aliphatic carbocycles. The van der Waals surface area contributed by atoms with Crippen LogP contribution in [0.25, 0.3) is 11.0 Å². The Morgan fingerprint density at radius 3 is 2.47 bits per heavy atom. The van der Waals surface area contributed by atoms with Gasteiger partial charge in [0.25, 0.3) is 0 Å². The Balaban J connectivity index is 1.98. The first-order chi connectivity index (χ1) is 9.27. The van der Waals surface area contributed by atoms with Crippen LogP contribution >= 0.6 is 0 Å². The van der Waals surface area contributed by atoms with Crippen LogP contribution in [0.4, 0.5) is 0 Å². The third kappa shape index (κ3) is 2.13. The number of fused-ring (bicyclic) bond motifs is 1. The van der Waals surface area contributed by atoms with E-state index in [4.69, 9.17) is 5.73 Å². The van der Waals surface area contributed by atoms with Crippen molar-refractivity contribution in [1.82, 2.24) is 9.55 Å². The van der Waals surface area contributed by atoms with Crippen LogP contribution in [0.1, 0.15) is 24.6 Å². The average molecular weight is 251 g/mol. The van der Waals surface area contributed by atoms with E-state index in [1.807, 2.05) is 42.7 Å². The molecule has 2 atom stereocenters. The van der Waals surface area contributed by atoms with E-state index in [1.165, 1.54) is 0 Å². The third-order valence-electron chi connectivity index (χ3n) is 3.62. The molecule has 0 amide bonds. The van der Waals surface area contributed by atoms with Gasteiger partial charge in [-0.2, -0.15) is 0 Å². The maximum atomic E-state index is 6.37. The lowest BCUT2D eigenvalue weighted by molar-refractivity contribution is 0.463. The zero-order valence-corrected chi connectivity index (χ0v) is 10.9. The van der Waals surface area contributed by atoms with Gasteiger partial charge in [0.2, 0.25) is 0 Å². The molecule has 3 rings (SSSR count). The number of hydrogen-bond donors (Lipinski definition) is 1. The van der Waals surface area contributed by atoms with E-state index in [2.05, 4.69) is 34.7 Å². The van der Waals surface area contributed by atoms with Gasteiger partial charge in [-0.25, -0.2) is 4.98 Å². The highest BCUT2D eigenvalue weighted by Gasteiger charge is 2.17. The molecule has 3 aromatic rings. The number of nitrogens with two attached hydrogens (primary N) is 1. The van der Waals surface area contributed by atoms with Gasteiger partial charge in [0.1, 0.15) is 0 Å². The fourth-order valence-corrected chi connectivity index (χ4v) is 2.43. The van der Waals surface area contributed by atoms with Crippen molar-refractivity contribution in [3.63, 3.8) is 0 Å². The van der Waals surface area contributed by atoms with E-state index in [-0.39, 0.29) is 12.1 Å². The number of aromatic nitrogens is 2. The summed E-state index contributed by atoms with van der Waals surface area (Å²) in [7, 11) is 0. The molecule has 0 saturated carbocycles. The van der Waals surface area contributed by atoms with Crippen molar-refractivity contribution in [3.05, 3.63) is 66.5 Å². The molecule has 3 heteroatoms. The molecule has 0 aliphatic heterocycles. The summed E-state index contributed by atoms with van der Waals surface area (Å²) in [5.74, 6) is 0. The number of hydrogen-bond acceptors (Lipinski definition) is 2. The summed E-state index contributed by atoms with van der Waals surface area (Å²) < 4.78 is 2.15. The van der Waals surface area contributed by atoms with E-state index < -0.39 is 0 Å². The second-order valence-corrected chi connectivity index (χ2v) is 4.82. The molecule has 3 nitrogen and oxygen atoms in total. The Kier molecular flexibility index (Phi) is 3.05. The molecule has 1 aromatic heterocycles. The van der Waals surface area contributed by atoms with Crippen LogP contribution in [-0.2, 0) is 0 Å². The van der Waals surface area contributed by atoms with E-state index in [0.717, 1.165) is 16.6 Å². The minimum absolute atomic E-state index is 0.0428. The summed E-state index contributed by atoms with van der Waals surface area (Å²) in [5.41, 5.74) is 9.65. The third-order valence-corrected chi connectivity index (χ3v) is 3.62. The molecule has 0 aliphatic rings. The molecule has 2 N–H and O–H groups in total. The molecule has 0 fully saturated rings. The lowest BCUT2D eigenvalue weighted by Crippen LogP contribution is -2.21. The van der Waals surface area contributed by atoms with Crippen molar-refractivity contribution in [2.45, 2.75) is 19.0 Å². The molecule has 0 saturated heterocycles. The summed E-state index contributed by atoms with van der Waals surface area (Å²) in [4.78, 5) is 4.42. The second-order valence-electron chi connectivity index (χ2n) is 4.82. The predicted octanol–water partition coefficient (Wildman–Crippen LogP) is 3.30. The van der Waals surface area contributed by atoms with Gasteiger partial charge in [0.15, 0.2) is 0 Å². The maximum absolute atomic E-state index is 6.37. The molecule has 1 heterocycles. The quantitative estimate of drug-likeness (QED) is 0.776. The van der Waals surface area contributed by atoms with Crippen molar-refractivity contribution in [2.24, 2.45) is 5.73 Å². The highest BCUT2D eigenvalue weighted by atomic mass is 15.1. The van der Waals surface area contributed by atoms with Gasteiger partial charge in [0, 0.05) is 0 Å². The smallest absolute Gasteiger partial charge is 0.0961 e. The van der Waals surface area contributed by atoms with E-state index in [1.54, 1.807) is 0 Å². The van der Waals surface area contributed by atoms with Crippen LogP contribution in [0.2, 0.25) is 0 Å². The summed E-state index contributed by atoms with van der Waals surface area (Å²) in [6.07, 6.45) is 1.87. The lowest BCUT2D eigenvalue weighted by atomic mass is 10.0. The molecule has 0 bridgehead atoms. The van der Waals surface area contributed by atoms with Crippen molar-refractivity contribution >= 4 is 11.0 Å². The number of rotatable bonds is 3. The van der Waals surface area contributed by atoms with E-state index >= 15 is 0 Å². The predicted molar refractivity (Wildman–Crippen MR) is 77.8 cm³/mol. The largest absolute Gasteiger partial charge is 0.326 e. The highest BCUT2D eigenvalue weighted by molar-refractivity contribution is 5.75. The van der Waals surface area contributed by atoms with Crippen LogP contribution < -0.4 is 5.73 Å². The van der Waals surface area contributed by atoms with Crippen molar-refractivity contribution in [1.29, 1.82) is 0 Å². The van der Waals surface area contributed by atoms with Crippen LogP contribution in [0.5, 0.6) is 0 Å². The van der Waals surface area contributed by atoms with E-state index in [0.29, 0.717) is 0 Å². The topological polar surface area (TPSA) is 43.8 Å². The van der Waals surface area contributed by atoms with Crippen LogP contribution in [-0.4, -0.2) is 9.55 Å². The van der Waals surface area contributed by atoms with Gasteiger partial charge in [-0.3, -0.25) is 0 Å². The molecule has 2 unspecified atom stereocenters. The maximum Gasteiger partial charge on any atom is 0.0961 e. The van der Waals surface area contributed by atoms with Crippen LogP contribution in [0, 0.1) is 0 Å². The Bertz CT molecular complexity index is 673. The molecule has 0 spiro atoms. The monoisotopic (exact) mass is 251 g/mol. The summed E-state index contributed by atoms with van der Waals surface area (Å²) in [5, 5.41) is 0.